The van der Waals surface area contributed by atoms with E-state index in [0.717, 1.165) is 45.4 Å². The molecule has 0 aromatic rings. The third kappa shape index (κ3) is 3.06. The molecule has 0 saturated carbocycles. The van der Waals surface area contributed by atoms with Crippen LogP contribution in [0, 0.1) is 5.41 Å². The third-order valence-electron chi connectivity index (χ3n) is 6.69. The third-order valence-corrected chi connectivity index (χ3v) is 7.93. The van der Waals surface area contributed by atoms with Gasteiger partial charge in [0.25, 0.3) is 0 Å². The number of hydrogen-bond donors (Lipinski definition) is 1. The van der Waals surface area contributed by atoms with Gasteiger partial charge < -0.3 is 15.0 Å². The van der Waals surface area contributed by atoms with Gasteiger partial charge in [0.15, 0.2) is 5.96 Å². The maximum atomic E-state index is 5.57. The minimum absolute atomic E-state index is 0.144. The molecule has 3 heterocycles. The lowest BCUT2D eigenvalue weighted by atomic mass is 9.65. The summed E-state index contributed by atoms with van der Waals surface area (Å²) in [6.07, 6.45) is 1.26. The van der Waals surface area contributed by atoms with Crippen LogP contribution in [-0.2, 0) is 4.74 Å². The van der Waals surface area contributed by atoms with Crippen LogP contribution in [0.2, 0.25) is 0 Å². The zero-order valence-corrected chi connectivity index (χ0v) is 16.8. The van der Waals surface area contributed by atoms with Crippen molar-refractivity contribution < 1.29 is 4.74 Å². The highest BCUT2D eigenvalue weighted by Gasteiger charge is 2.54. The minimum atomic E-state index is 0.144. The van der Waals surface area contributed by atoms with Crippen LogP contribution in [0.4, 0.5) is 0 Å². The molecule has 3 aliphatic heterocycles. The van der Waals surface area contributed by atoms with Gasteiger partial charge in [0.2, 0.25) is 0 Å². The lowest BCUT2D eigenvalue weighted by Crippen LogP contribution is -2.73. The van der Waals surface area contributed by atoms with Crippen molar-refractivity contribution in [3.63, 3.8) is 0 Å². The molecule has 3 fully saturated rings. The standard InChI is InChI=1S/C18H34N4OS/c1-16(2)13-22(17(16,3)4)15(19-5)20-12-18(6-11-24-14-18)21-7-9-23-10-8-21/h6-14H2,1-5H3,(H,19,20). The summed E-state index contributed by atoms with van der Waals surface area (Å²) >= 11 is 2.09. The van der Waals surface area contributed by atoms with Crippen molar-refractivity contribution in [2.45, 2.75) is 45.2 Å². The molecule has 3 saturated heterocycles. The summed E-state index contributed by atoms with van der Waals surface area (Å²) < 4.78 is 5.57. The van der Waals surface area contributed by atoms with Gasteiger partial charge in [-0.3, -0.25) is 9.89 Å². The Kier molecular flexibility index (Phi) is 5.11. The predicted molar refractivity (Wildman–Crippen MR) is 103 cm³/mol. The second-order valence-electron chi connectivity index (χ2n) is 8.56. The van der Waals surface area contributed by atoms with E-state index in [4.69, 9.17) is 4.74 Å². The molecule has 0 aliphatic carbocycles. The summed E-state index contributed by atoms with van der Waals surface area (Å²) in [5.74, 6) is 3.54. The summed E-state index contributed by atoms with van der Waals surface area (Å²) in [5, 5.41) is 3.72. The van der Waals surface area contributed by atoms with Crippen molar-refractivity contribution in [3.8, 4) is 0 Å². The minimum Gasteiger partial charge on any atom is -0.379 e. The highest BCUT2D eigenvalue weighted by atomic mass is 32.2. The Hall–Kier alpha value is -0.460. The second kappa shape index (κ2) is 6.69. The van der Waals surface area contributed by atoms with Gasteiger partial charge >= 0.3 is 0 Å². The van der Waals surface area contributed by atoms with E-state index < -0.39 is 0 Å². The Morgan fingerprint density at radius 2 is 1.92 bits per heavy atom. The van der Waals surface area contributed by atoms with Crippen LogP contribution in [0.25, 0.3) is 0 Å². The number of rotatable bonds is 3. The van der Waals surface area contributed by atoms with E-state index in [0.29, 0.717) is 5.41 Å². The van der Waals surface area contributed by atoms with Crippen LogP contribution in [0.15, 0.2) is 4.99 Å². The van der Waals surface area contributed by atoms with E-state index in [1.165, 1.54) is 17.9 Å². The normalized spacial score (nSPS) is 33.4. The molecule has 1 unspecified atom stereocenters. The van der Waals surface area contributed by atoms with Gasteiger partial charge in [-0.05, 0) is 26.0 Å². The first-order chi connectivity index (χ1) is 11.3. The predicted octanol–water partition coefficient (Wildman–Crippen LogP) is 1.89. The van der Waals surface area contributed by atoms with Gasteiger partial charge in [-0.15, -0.1) is 0 Å². The Balaban J connectivity index is 1.66. The molecule has 138 valence electrons. The van der Waals surface area contributed by atoms with Crippen molar-refractivity contribution >= 4 is 17.7 Å². The van der Waals surface area contributed by atoms with E-state index in [-0.39, 0.29) is 11.1 Å². The van der Waals surface area contributed by atoms with Crippen molar-refractivity contribution in [2.75, 3.05) is 57.9 Å². The zero-order valence-electron chi connectivity index (χ0n) is 16.0. The number of likely N-dealkylation sites (tertiary alicyclic amines) is 1. The first-order valence-corrected chi connectivity index (χ1v) is 10.4. The molecule has 1 atom stereocenters. The van der Waals surface area contributed by atoms with Crippen molar-refractivity contribution in [3.05, 3.63) is 0 Å². The number of guanidine groups is 1. The van der Waals surface area contributed by atoms with Crippen LogP contribution in [0.5, 0.6) is 0 Å². The molecule has 0 radical (unpaired) electrons. The fourth-order valence-corrected chi connectivity index (χ4v) is 5.55. The fourth-order valence-electron chi connectivity index (χ4n) is 4.07. The van der Waals surface area contributed by atoms with Gasteiger partial charge in [0.05, 0.1) is 13.2 Å². The topological polar surface area (TPSA) is 40.1 Å². The lowest BCUT2D eigenvalue weighted by Gasteiger charge is -2.62. The van der Waals surface area contributed by atoms with E-state index in [1.54, 1.807) is 0 Å². The first-order valence-electron chi connectivity index (χ1n) is 9.21. The van der Waals surface area contributed by atoms with Crippen LogP contribution in [0.1, 0.15) is 34.1 Å². The van der Waals surface area contributed by atoms with Crippen molar-refractivity contribution in [1.29, 1.82) is 0 Å². The first kappa shape index (κ1) is 18.3. The van der Waals surface area contributed by atoms with Gasteiger partial charge in [0.1, 0.15) is 0 Å². The van der Waals surface area contributed by atoms with Crippen molar-refractivity contribution in [1.82, 2.24) is 15.1 Å². The number of hydrogen-bond acceptors (Lipinski definition) is 4. The molecule has 0 bridgehead atoms. The average Bonchev–Trinajstić information content (AvgIpc) is 3.05. The monoisotopic (exact) mass is 354 g/mol. The highest BCUT2D eigenvalue weighted by molar-refractivity contribution is 7.99. The van der Waals surface area contributed by atoms with Crippen LogP contribution >= 0.6 is 11.8 Å². The summed E-state index contributed by atoms with van der Waals surface area (Å²) in [7, 11) is 1.91. The number of ether oxygens (including phenoxy) is 1. The second-order valence-corrected chi connectivity index (χ2v) is 9.66. The Morgan fingerprint density at radius 3 is 2.42 bits per heavy atom. The number of nitrogens with zero attached hydrogens (tertiary/aromatic N) is 3. The summed E-state index contributed by atoms with van der Waals surface area (Å²) in [4.78, 5) is 9.68. The molecule has 0 amide bonds. The van der Waals surface area contributed by atoms with Gasteiger partial charge in [-0.25, -0.2) is 0 Å². The van der Waals surface area contributed by atoms with Gasteiger partial charge in [-0.2, -0.15) is 11.8 Å². The van der Waals surface area contributed by atoms with Gasteiger partial charge in [0, 0.05) is 55.5 Å². The Bertz CT molecular complexity index is 479. The molecule has 5 nitrogen and oxygen atoms in total. The quantitative estimate of drug-likeness (QED) is 0.619. The molecule has 0 spiro atoms. The Morgan fingerprint density at radius 1 is 1.21 bits per heavy atom. The number of thioether (sulfide) groups is 1. The lowest BCUT2D eigenvalue weighted by molar-refractivity contribution is -0.0676. The van der Waals surface area contributed by atoms with E-state index in [1.807, 2.05) is 7.05 Å². The molecule has 3 aliphatic rings. The molecule has 24 heavy (non-hydrogen) atoms. The van der Waals surface area contributed by atoms with E-state index in [9.17, 15) is 0 Å². The number of nitrogens with one attached hydrogen (secondary N) is 1. The number of aliphatic imine (C=N–C) groups is 1. The Labute approximate surface area is 151 Å². The smallest absolute Gasteiger partial charge is 0.194 e. The van der Waals surface area contributed by atoms with Crippen molar-refractivity contribution in [2.24, 2.45) is 10.4 Å². The van der Waals surface area contributed by atoms with E-state index in [2.05, 4.69) is 59.6 Å². The summed E-state index contributed by atoms with van der Waals surface area (Å²) in [6, 6.07) is 0. The summed E-state index contributed by atoms with van der Waals surface area (Å²) in [5.41, 5.74) is 0.732. The highest BCUT2D eigenvalue weighted by Crippen LogP contribution is 2.46. The molecule has 0 aromatic carbocycles. The largest absolute Gasteiger partial charge is 0.379 e. The average molecular weight is 355 g/mol. The maximum Gasteiger partial charge on any atom is 0.194 e. The van der Waals surface area contributed by atoms with Crippen LogP contribution in [0.3, 0.4) is 0 Å². The van der Waals surface area contributed by atoms with Gasteiger partial charge in [-0.1, -0.05) is 13.8 Å². The number of morpholine rings is 1. The maximum absolute atomic E-state index is 5.57. The molecule has 6 heteroatoms. The molecule has 3 rings (SSSR count). The summed E-state index contributed by atoms with van der Waals surface area (Å²) in [6.45, 7) is 15.3. The molecular formula is C18H34N4OS. The molecular weight excluding hydrogens is 320 g/mol. The SMILES string of the molecule is CN=C(NCC1(N2CCOCC2)CCSC1)N1CC(C)(C)C1(C)C. The van der Waals surface area contributed by atoms with Crippen LogP contribution < -0.4 is 5.32 Å². The van der Waals surface area contributed by atoms with E-state index >= 15 is 0 Å². The molecule has 1 N–H and O–H groups in total. The molecule has 0 aromatic heterocycles. The zero-order chi connectivity index (χ0) is 17.4. The fraction of sp³-hybridized carbons (Fsp3) is 0.944. The van der Waals surface area contributed by atoms with Crippen LogP contribution in [-0.4, -0.2) is 84.8 Å².